The molecule has 0 amide bonds. The standard InChI is InChI=1S/C9H15N5/c10-5-13-7-14(6-12-9(13)11)8-3-1-2-4-8/h8H,1-4,6-7H2,(H2,11,12). The van der Waals surface area contributed by atoms with Crippen LogP contribution in [0.25, 0.3) is 0 Å². The van der Waals surface area contributed by atoms with Crippen LogP contribution in [0.2, 0.25) is 0 Å². The highest BCUT2D eigenvalue weighted by atomic mass is 15.4. The predicted molar refractivity (Wildman–Crippen MR) is 52.9 cm³/mol. The Balaban J connectivity index is 2.00. The third-order valence-electron chi connectivity index (χ3n) is 2.98. The van der Waals surface area contributed by atoms with E-state index < -0.39 is 0 Å². The van der Waals surface area contributed by atoms with Crippen molar-refractivity contribution in [3.63, 3.8) is 0 Å². The highest BCUT2D eigenvalue weighted by Crippen LogP contribution is 2.24. The van der Waals surface area contributed by atoms with Crippen LogP contribution in [0.3, 0.4) is 0 Å². The molecule has 0 aromatic rings. The van der Waals surface area contributed by atoms with Gasteiger partial charge in [-0.05, 0) is 12.8 Å². The first kappa shape index (κ1) is 9.28. The van der Waals surface area contributed by atoms with Gasteiger partial charge in [0.2, 0.25) is 5.96 Å². The monoisotopic (exact) mass is 193 g/mol. The van der Waals surface area contributed by atoms with E-state index in [1.807, 2.05) is 6.19 Å². The van der Waals surface area contributed by atoms with Gasteiger partial charge in [0.25, 0.3) is 0 Å². The van der Waals surface area contributed by atoms with Crippen LogP contribution in [0.1, 0.15) is 25.7 Å². The molecule has 1 aliphatic carbocycles. The Labute approximate surface area is 83.8 Å². The number of hydrogen-bond donors (Lipinski definition) is 1. The van der Waals surface area contributed by atoms with Gasteiger partial charge in [0, 0.05) is 6.04 Å². The molecule has 1 saturated carbocycles. The highest BCUT2D eigenvalue weighted by molar-refractivity contribution is 5.79. The molecular formula is C9H15N5. The fourth-order valence-corrected chi connectivity index (χ4v) is 2.13. The first-order valence-electron chi connectivity index (χ1n) is 5.02. The summed E-state index contributed by atoms with van der Waals surface area (Å²) in [4.78, 5) is 7.81. The minimum atomic E-state index is 0.349. The van der Waals surface area contributed by atoms with Crippen molar-refractivity contribution in [3.8, 4) is 6.19 Å². The molecule has 0 aromatic heterocycles. The van der Waals surface area contributed by atoms with Crippen molar-refractivity contribution in [1.29, 1.82) is 5.26 Å². The van der Waals surface area contributed by atoms with Gasteiger partial charge in [-0.1, -0.05) is 12.8 Å². The number of rotatable bonds is 1. The maximum absolute atomic E-state index is 8.81. The highest BCUT2D eigenvalue weighted by Gasteiger charge is 2.27. The van der Waals surface area contributed by atoms with Gasteiger partial charge in [-0.3, -0.25) is 4.90 Å². The van der Waals surface area contributed by atoms with E-state index in [0.29, 0.717) is 25.3 Å². The van der Waals surface area contributed by atoms with Gasteiger partial charge in [-0.2, -0.15) is 5.26 Å². The second-order valence-electron chi connectivity index (χ2n) is 3.85. The summed E-state index contributed by atoms with van der Waals surface area (Å²) >= 11 is 0. The summed E-state index contributed by atoms with van der Waals surface area (Å²) in [6, 6.07) is 0.600. The van der Waals surface area contributed by atoms with Crippen LogP contribution < -0.4 is 5.73 Å². The van der Waals surface area contributed by atoms with Crippen molar-refractivity contribution in [1.82, 2.24) is 9.80 Å². The van der Waals surface area contributed by atoms with Crippen LogP contribution in [-0.2, 0) is 0 Å². The first-order chi connectivity index (χ1) is 6.81. The molecule has 0 saturated heterocycles. The second kappa shape index (κ2) is 3.84. The Hall–Kier alpha value is -1.28. The Morgan fingerprint density at radius 2 is 2.14 bits per heavy atom. The number of nitriles is 1. The van der Waals surface area contributed by atoms with Gasteiger partial charge in [-0.15, -0.1) is 0 Å². The Kier molecular flexibility index (Phi) is 2.55. The smallest absolute Gasteiger partial charge is 0.207 e. The zero-order chi connectivity index (χ0) is 9.97. The molecule has 5 nitrogen and oxygen atoms in total. The van der Waals surface area contributed by atoms with Crippen molar-refractivity contribution < 1.29 is 0 Å². The number of nitrogens with two attached hydrogens (primary N) is 1. The zero-order valence-electron chi connectivity index (χ0n) is 8.19. The molecule has 1 aliphatic heterocycles. The van der Waals surface area contributed by atoms with Crippen molar-refractivity contribution in [2.24, 2.45) is 10.7 Å². The molecule has 1 fully saturated rings. The molecule has 0 bridgehead atoms. The lowest BCUT2D eigenvalue weighted by molar-refractivity contribution is 0.147. The second-order valence-corrected chi connectivity index (χ2v) is 3.85. The summed E-state index contributed by atoms with van der Waals surface area (Å²) in [7, 11) is 0. The minimum absolute atomic E-state index is 0.349. The molecule has 0 unspecified atom stereocenters. The Morgan fingerprint density at radius 3 is 2.79 bits per heavy atom. The van der Waals surface area contributed by atoms with Crippen molar-refractivity contribution in [3.05, 3.63) is 0 Å². The molecule has 14 heavy (non-hydrogen) atoms. The topological polar surface area (TPSA) is 68.7 Å². The van der Waals surface area contributed by atoms with Crippen molar-refractivity contribution >= 4 is 5.96 Å². The molecule has 0 radical (unpaired) electrons. The van der Waals surface area contributed by atoms with Crippen LogP contribution in [0.4, 0.5) is 0 Å². The summed E-state index contributed by atoms with van der Waals surface area (Å²) in [5.41, 5.74) is 5.58. The van der Waals surface area contributed by atoms with Crippen molar-refractivity contribution in [2.75, 3.05) is 13.3 Å². The number of guanidine groups is 1. The van der Waals surface area contributed by atoms with E-state index >= 15 is 0 Å². The van der Waals surface area contributed by atoms with E-state index in [9.17, 15) is 0 Å². The van der Waals surface area contributed by atoms with Gasteiger partial charge in [0.15, 0.2) is 6.19 Å². The van der Waals surface area contributed by atoms with E-state index in [2.05, 4.69) is 9.89 Å². The van der Waals surface area contributed by atoms with Crippen molar-refractivity contribution in [2.45, 2.75) is 31.7 Å². The summed E-state index contributed by atoms with van der Waals surface area (Å²) in [6.07, 6.45) is 7.10. The lowest BCUT2D eigenvalue weighted by Gasteiger charge is -2.33. The quantitative estimate of drug-likeness (QED) is 0.606. The lowest BCUT2D eigenvalue weighted by atomic mass is 10.2. The van der Waals surface area contributed by atoms with E-state index in [0.717, 1.165) is 0 Å². The van der Waals surface area contributed by atoms with Gasteiger partial charge in [0.05, 0.1) is 13.3 Å². The molecule has 2 rings (SSSR count). The molecular weight excluding hydrogens is 178 g/mol. The van der Waals surface area contributed by atoms with Crippen LogP contribution in [0.15, 0.2) is 4.99 Å². The van der Waals surface area contributed by atoms with Crippen LogP contribution >= 0.6 is 0 Å². The lowest BCUT2D eigenvalue weighted by Crippen LogP contribution is -2.50. The average Bonchev–Trinajstić information content (AvgIpc) is 2.71. The summed E-state index contributed by atoms with van der Waals surface area (Å²) in [5.74, 6) is 0.349. The molecule has 0 aromatic carbocycles. The van der Waals surface area contributed by atoms with E-state index in [1.165, 1.54) is 30.6 Å². The SMILES string of the molecule is N#CN1CN(C2CCCC2)CN=C1N. The van der Waals surface area contributed by atoms with Crippen LogP contribution in [0.5, 0.6) is 0 Å². The van der Waals surface area contributed by atoms with Crippen LogP contribution in [-0.4, -0.2) is 35.1 Å². The summed E-state index contributed by atoms with van der Waals surface area (Å²) in [5, 5.41) is 8.81. The fraction of sp³-hybridized carbons (Fsp3) is 0.778. The molecule has 2 aliphatic rings. The van der Waals surface area contributed by atoms with E-state index in [1.54, 1.807) is 0 Å². The zero-order valence-corrected chi connectivity index (χ0v) is 8.19. The molecule has 1 heterocycles. The normalized spacial score (nSPS) is 24.8. The average molecular weight is 193 g/mol. The number of nitrogens with zero attached hydrogens (tertiary/aromatic N) is 4. The summed E-state index contributed by atoms with van der Waals surface area (Å²) in [6.45, 7) is 1.26. The molecule has 5 heteroatoms. The molecule has 76 valence electrons. The molecule has 2 N–H and O–H groups in total. The number of aliphatic imine (C=N–C) groups is 1. The predicted octanol–water partition coefficient (Wildman–Crippen LogP) is 0.257. The maximum Gasteiger partial charge on any atom is 0.207 e. The van der Waals surface area contributed by atoms with Gasteiger partial charge in [-0.25, -0.2) is 9.89 Å². The first-order valence-corrected chi connectivity index (χ1v) is 5.02. The molecule has 0 spiro atoms. The van der Waals surface area contributed by atoms with Gasteiger partial charge >= 0.3 is 0 Å². The third-order valence-corrected chi connectivity index (χ3v) is 2.98. The van der Waals surface area contributed by atoms with Crippen LogP contribution in [0, 0.1) is 11.5 Å². The fourth-order valence-electron chi connectivity index (χ4n) is 2.13. The number of hydrogen-bond acceptors (Lipinski definition) is 5. The summed E-state index contributed by atoms with van der Waals surface area (Å²) < 4.78 is 0. The minimum Gasteiger partial charge on any atom is -0.369 e. The molecule has 0 atom stereocenters. The Morgan fingerprint density at radius 1 is 1.43 bits per heavy atom. The van der Waals surface area contributed by atoms with E-state index in [4.69, 9.17) is 11.0 Å². The van der Waals surface area contributed by atoms with Gasteiger partial charge in [0.1, 0.15) is 0 Å². The third kappa shape index (κ3) is 1.66. The maximum atomic E-state index is 8.81. The largest absolute Gasteiger partial charge is 0.369 e. The Bertz CT molecular complexity index is 273. The van der Waals surface area contributed by atoms with Gasteiger partial charge < -0.3 is 5.73 Å². The van der Waals surface area contributed by atoms with E-state index in [-0.39, 0.29) is 0 Å².